The molecule has 1 aromatic heterocycles. The standard InChI is InChI=1S/C6H9N3O3/c1-2-3(7)5-8-4(6(10)11)9-12-5/h3H,2,7H2,1H3,(H,10,11)/t3-/m0/s1. The molecule has 1 rings (SSSR count). The summed E-state index contributed by atoms with van der Waals surface area (Å²) in [6, 6.07) is -0.384. The van der Waals surface area contributed by atoms with Crippen molar-refractivity contribution < 1.29 is 14.4 Å². The minimum Gasteiger partial charge on any atom is -0.475 e. The Morgan fingerprint density at radius 1 is 1.83 bits per heavy atom. The van der Waals surface area contributed by atoms with Gasteiger partial charge in [0.1, 0.15) is 0 Å². The third kappa shape index (κ3) is 1.59. The number of aromatic nitrogens is 2. The van der Waals surface area contributed by atoms with Crippen LogP contribution in [0.3, 0.4) is 0 Å². The van der Waals surface area contributed by atoms with Crippen molar-refractivity contribution in [3.05, 3.63) is 11.7 Å². The van der Waals surface area contributed by atoms with E-state index in [9.17, 15) is 4.79 Å². The number of hydrogen-bond acceptors (Lipinski definition) is 5. The summed E-state index contributed by atoms with van der Waals surface area (Å²) < 4.78 is 4.61. The van der Waals surface area contributed by atoms with Crippen LogP contribution in [0.5, 0.6) is 0 Å². The molecule has 0 unspecified atom stereocenters. The summed E-state index contributed by atoms with van der Waals surface area (Å²) in [5, 5.41) is 11.6. The van der Waals surface area contributed by atoms with Crippen molar-refractivity contribution in [2.75, 3.05) is 0 Å². The molecule has 0 aliphatic carbocycles. The van der Waals surface area contributed by atoms with Gasteiger partial charge in [-0.15, -0.1) is 0 Å². The van der Waals surface area contributed by atoms with Gasteiger partial charge < -0.3 is 15.4 Å². The Morgan fingerprint density at radius 2 is 2.50 bits per heavy atom. The molecule has 66 valence electrons. The average molecular weight is 171 g/mol. The van der Waals surface area contributed by atoms with E-state index in [1.165, 1.54) is 0 Å². The van der Waals surface area contributed by atoms with Gasteiger partial charge in [-0.1, -0.05) is 6.92 Å². The van der Waals surface area contributed by atoms with Crippen molar-refractivity contribution in [1.29, 1.82) is 0 Å². The van der Waals surface area contributed by atoms with Gasteiger partial charge in [0, 0.05) is 0 Å². The molecule has 0 aliphatic heterocycles. The first-order valence-electron chi connectivity index (χ1n) is 3.47. The second-order valence-corrected chi connectivity index (χ2v) is 2.28. The van der Waals surface area contributed by atoms with Crippen LogP contribution in [0.1, 0.15) is 35.9 Å². The zero-order valence-corrected chi connectivity index (χ0v) is 6.52. The van der Waals surface area contributed by atoms with Crippen LogP contribution in [0.25, 0.3) is 0 Å². The number of carboxylic acid groups (broad SMARTS) is 1. The number of rotatable bonds is 3. The number of hydrogen-bond donors (Lipinski definition) is 2. The van der Waals surface area contributed by atoms with E-state index >= 15 is 0 Å². The second-order valence-electron chi connectivity index (χ2n) is 2.28. The molecule has 3 N–H and O–H groups in total. The molecule has 0 saturated carbocycles. The van der Waals surface area contributed by atoms with Crippen molar-refractivity contribution in [2.24, 2.45) is 5.73 Å². The van der Waals surface area contributed by atoms with Crippen molar-refractivity contribution in [3.8, 4) is 0 Å². The Labute approximate surface area is 68.4 Å². The lowest BCUT2D eigenvalue weighted by Crippen LogP contribution is -2.09. The first-order chi connectivity index (χ1) is 5.65. The third-order valence-corrected chi connectivity index (χ3v) is 1.39. The summed E-state index contributed by atoms with van der Waals surface area (Å²) in [5.74, 6) is -1.41. The molecular weight excluding hydrogens is 162 g/mol. The molecule has 0 bridgehead atoms. The molecule has 0 aromatic carbocycles. The molecule has 0 radical (unpaired) electrons. The molecule has 0 spiro atoms. The van der Waals surface area contributed by atoms with Gasteiger partial charge in [-0.25, -0.2) is 4.79 Å². The van der Waals surface area contributed by atoms with Crippen LogP contribution in [0, 0.1) is 0 Å². The normalized spacial score (nSPS) is 12.8. The smallest absolute Gasteiger partial charge is 0.377 e. The van der Waals surface area contributed by atoms with E-state index in [0.717, 1.165) is 0 Å². The molecule has 6 heteroatoms. The molecule has 1 heterocycles. The van der Waals surface area contributed by atoms with E-state index in [0.29, 0.717) is 6.42 Å². The van der Waals surface area contributed by atoms with Crippen molar-refractivity contribution in [2.45, 2.75) is 19.4 Å². The maximum atomic E-state index is 10.3. The van der Waals surface area contributed by atoms with Gasteiger partial charge in [-0.2, -0.15) is 4.98 Å². The van der Waals surface area contributed by atoms with Gasteiger partial charge in [0.2, 0.25) is 5.89 Å². The van der Waals surface area contributed by atoms with Gasteiger partial charge in [0.15, 0.2) is 0 Å². The van der Waals surface area contributed by atoms with E-state index in [-0.39, 0.29) is 17.8 Å². The average Bonchev–Trinajstić information content (AvgIpc) is 2.51. The second kappa shape index (κ2) is 3.31. The Morgan fingerprint density at radius 3 is 2.92 bits per heavy atom. The predicted octanol–water partition coefficient (Wildman–Crippen LogP) is 0.178. The summed E-state index contributed by atoms with van der Waals surface area (Å²) in [4.78, 5) is 13.9. The third-order valence-electron chi connectivity index (χ3n) is 1.39. The van der Waals surface area contributed by atoms with Gasteiger partial charge >= 0.3 is 5.97 Å². The fraction of sp³-hybridized carbons (Fsp3) is 0.500. The fourth-order valence-electron chi connectivity index (χ4n) is 0.647. The number of aromatic carboxylic acids is 1. The maximum absolute atomic E-state index is 10.3. The molecule has 12 heavy (non-hydrogen) atoms. The maximum Gasteiger partial charge on any atom is 0.377 e. The predicted molar refractivity (Wildman–Crippen MR) is 38.5 cm³/mol. The SMILES string of the molecule is CC[C@H](N)c1nc(C(=O)O)no1. The summed E-state index contributed by atoms with van der Waals surface area (Å²) in [7, 11) is 0. The molecule has 0 fully saturated rings. The molecule has 1 atom stereocenters. The van der Waals surface area contributed by atoms with Crippen LogP contribution in [0.15, 0.2) is 4.52 Å². The summed E-state index contributed by atoms with van der Waals surface area (Å²) in [5.41, 5.74) is 5.52. The highest BCUT2D eigenvalue weighted by molar-refractivity contribution is 5.82. The van der Waals surface area contributed by atoms with Crippen LogP contribution in [0.4, 0.5) is 0 Å². The lowest BCUT2D eigenvalue weighted by atomic mass is 10.2. The van der Waals surface area contributed by atoms with E-state index < -0.39 is 5.97 Å². The fourth-order valence-corrected chi connectivity index (χ4v) is 0.647. The number of carbonyl (C=O) groups is 1. The minimum absolute atomic E-state index is 0.162. The minimum atomic E-state index is -1.21. The van der Waals surface area contributed by atoms with E-state index in [1.54, 1.807) is 0 Å². The largest absolute Gasteiger partial charge is 0.475 e. The first kappa shape index (κ1) is 8.66. The highest BCUT2D eigenvalue weighted by Crippen LogP contribution is 2.10. The highest BCUT2D eigenvalue weighted by Gasteiger charge is 2.16. The highest BCUT2D eigenvalue weighted by atomic mass is 16.5. The van der Waals surface area contributed by atoms with Gasteiger partial charge in [-0.3, -0.25) is 0 Å². The van der Waals surface area contributed by atoms with E-state index in [4.69, 9.17) is 10.8 Å². The topological polar surface area (TPSA) is 102 Å². The Hall–Kier alpha value is -1.43. The van der Waals surface area contributed by atoms with Crippen molar-refractivity contribution in [3.63, 3.8) is 0 Å². The lowest BCUT2D eigenvalue weighted by molar-refractivity contribution is 0.0680. The van der Waals surface area contributed by atoms with Gasteiger partial charge in [-0.05, 0) is 11.6 Å². The van der Waals surface area contributed by atoms with Gasteiger partial charge in [0.05, 0.1) is 6.04 Å². The quantitative estimate of drug-likeness (QED) is 0.672. The summed E-state index contributed by atoms with van der Waals surface area (Å²) in [6.07, 6.45) is 0.626. The molecule has 0 aliphatic rings. The van der Waals surface area contributed by atoms with Crippen LogP contribution in [-0.2, 0) is 0 Å². The number of carboxylic acids is 1. The monoisotopic (exact) mass is 171 g/mol. The Balaban J connectivity index is 2.84. The molecule has 1 aromatic rings. The first-order valence-corrected chi connectivity index (χ1v) is 3.47. The molecule has 6 nitrogen and oxygen atoms in total. The van der Waals surface area contributed by atoms with Crippen molar-refractivity contribution in [1.82, 2.24) is 10.1 Å². The Bertz CT molecular complexity index is 283. The van der Waals surface area contributed by atoms with Crippen molar-refractivity contribution >= 4 is 5.97 Å². The summed E-state index contributed by atoms with van der Waals surface area (Å²) >= 11 is 0. The zero-order valence-electron chi connectivity index (χ0n) is 6.52. The van der Waals surface area contributed by atoms with Crippen LogP contribution in [0.2, 0.25) is 0 Å². The number of nitrogens with zero attached hydrogens (tertiary/aromatic N) is 2. The lowest BCUT2D eigenvalue weighted by Gasteiger charge is -1.98. The van der Waals surface area contributed by atoms with Crippen LogP contribution < -0.4 is 5.73 Å². The number of nitrogens with two attached hydrogens (primary N) is 1. The Kier molecular flexibility index (Phi) is 2.39. The summed E-state index contributed by atoms with van der Waals surface area (Å²) in [6.45, 7) is 1.84. The molecular formula is C6H9N3O3. The molecule has 0 amide bonds. The van der Waals surface area contributed by atoms with E-state index in [1.807, 2.05) is 6.92 Å². The van der Waals surface area contributed by atoms with Crippen LogP contribution >= 0.6 is 0 Å². The van der Waals surface area contributed by atoms with E-state index in [2.05, 4.69) is 14.7 Å². The zero-order chi connectivity index (χ0) is 9.14. The van der Waals surface area contributed by atoms with Crippen LogP contribution in [-0.4, -0.2) is 21.2 Å². The van der Waals surface area contributed by atoms with Gasteiger partial charge in [0.25, 0.3) is 5.82 Å². The molecule has 0 saturated heterocycles.